The number of benzene rings is 1. The lowest BCUT2D eigenvalue weighted by Crippen LogP contribution is -2.46. The summed E-state index contributed by atoms with van der Waals surface area (Å²) in [6.45, 7) is 9.38. The molecule has 25 heavy (non-hydrogen) atoms. The lowest BCUT2D eigenvalue weighted by atomic mass is 9.94. The maximum atomic E-state index is 11.6. The number of carbonyl (C=O) groups is 1. The molecule has 2 atom stereocenters. The van der Waals surface area contributed by atoms with Gasteiger partial charge in [0, 0.05) is 18.6 Å². The smallest absolute Gasteiger partial charge is 0.408 e. The van der Waals surface area contributed by atoms with E-state index in [1.54, 1.807) is 0 Å². The van der Waals surface area contributed by atoms with Crippen LogP contribution >= 0.6 is 0 Å². The van der Waals surface area contributed by atoms with E-state index in [-0.39, 0.29) is 6.04 Å². The van der Waals surface area contributed by atoms with Crippen molar-refractivity contribution in [3.63, 3.8) is 0 Å². The van der Waals surface area contributed by atoms with Crippen LogP contribution in [0.2, 0.25) is 0 Å². The van der Waals surface area contributed by atoms with E-state index >= 15 is 0 Å². The molecule has 0 bridgehead atoms. The second-order valence-electron chi connectivity index (χ2n) is 7.86. The van der Waals surface area contributed by atoms with Gasteiger partial charge in [-0.1, -0.05) is 30.3 Å². The fourth-order valence-electron chi connectivity index (χ4n) is 3.39. The van der Waals surface area contributed by atoms with Gasteiger partial charge in [-0.25, -0.2) is 4.79 Å². The van der Waals surface area contributed by atoms with Crippen LogP contribution in [0.1, 0.15) is 57.4 Å². The predicted octanol–water partition coefficient (Wildman–Crippen LogP) is 3.82. The number of rotatable bonds is 4. The second-order valence-corrected chi connectivity index (χ2v) is 7.86. The molecular formula is C20H30N2O3. The van der Waals surface area contributed by atoms with Crippen molar-refractivity contribution in [2.75, 3.05) is 20.1 Å². The molecule has 0 radical (unpaired) electrons. The highest BCUT2D eigenvalue weighted by Crippen LogP contribution is 2.31. The zero-order valence-electron chi connectivity index (χ0n) is 15.9. The summed E-state index contributed by atoms with van der Waals surface area (Å²) in [7, 11) is 2.07. The minimum Gasteiger partial charge on any atom is -0.465 e. The van der Waals surface area contributed by atoms with E-state index in [0.717, 1.165) is 36.2 Å². The van der Waals surface area contributed by atoms with Crippen LogP contribution in [0.5, 0.6) is 0 Å². The molecule has 2 rings (SSSR count). The molecule has 5 heteroatoms. The fourth-order valence-corrected chi connectivity index (χ4v) is 3.39. The molecule has 0 saturated carbocycles. The summed E-state index contributed by atoms with van der Waals surface area (Å²) in [6, 6.07) is 7.38. The van der Waals surface area contributed by atoms with E-state index < -0.39 is 17.7 Å². The van der Waals surface area contributed by atoms with Crippen molar-refractivity contribution in [3.8, 4) is 0 Å². The summed E-state index contributed by atoms with van der Waals surface area (Å²) in [5.74, 6) is 0. The molecule has 1 aromatic rings. The lowest BCUT2D eigenvalue weighted by Gasteiger charge is -2.38. The van der Waals surface area contributed by atoms with Crippen molar-refractivity contribution in [3.05, 3.63) is 47.0 Å². The Morgan fingerprint density at radius 1 is 1.20 bits per heavy atom. The van der Waals surface area contributed by atoms with Crippen LogP contribution in [0.25, 0.3) is 0 Å². The predicted molar refractivity (Wildman–Crippen MR) is 99.6 cm³/mol. The number of aliphatic hydroxyl groups is 1. The normalized spacial score (nSPS) is 18.4. The first-order chi connectivity index (χ1) is 11.6. The molecule has 0 aromatic heterocycles. The van der Waals surface area contributed by atoms with E-state index in [2.05, 4.69) is 18.0 Å². The van der Waals surface area contributed by atoms with Gasteiger partial charge in [-0.2, -0.15) is 0 Å². The van der Waals surface area contributed by atoms with Gasteiger partial charge in [0.2, 0.25) is 0 Å². The molecule has 5 nitrogen and oxygen atoms in total. The maximum absolute atomic E-state index is 11.6. The molecule has 1 heterocycles. The van der Waals surface area contributed by atoms with Gasteiger partial charge in [0.25, 0.3) is 0 Å². The van der Waals surface area contributed by atoms with Crippen molar-refractivity contribution in [2.45, 2.75) is 51.8 Å². The number of aliphatic hydroxyl groups excluding tert-OH is 1. The molecule has 0 saturated heterocycles. The highest BCUT2D eigenvalue weighted by Gasteiger charge is 2.31. The number of likely N-dealkylation sites (N-methyl/N-ethyl adjacent to an activating group) is 1. The number of nitrogens with zero attached hydrogens (tertiary/aromatic N) is 2. The molecule has 1 aliphatic rings. The third-order valence-electron chi connectivity index (χ3n) is 4.85. The van der Waals surface area contributed by atoms with Crippen LogP contribution in [-0.2, 0) is 0 Å². The largest absolute Gasteiger partial charge is 0.465 e. The standard InChI is InChI=1S/C20H30N2O3/c1-14(22(19(24)25)20(2,3)4)15-6-8-16(9-7-15)18(23)17-10-12-21(5)13-11-17/h6-10,14,18,23H,11-13H2,1-5H3,(H,24,25)/t14-,18?/m0/s1. The number of hydrogen-bond acceptors (Lipinski definition) is 3. The molecule has 1 unspecified atom stereocenters. The topological polar surface area (TPSA) is 64.0 Å². The maximum Gasteiger partial charge on any atom is 0.408 e. The first-order valence-electron chi connectivity index (χ1n) is 8.79. The Bertz CT molecular complexity index is 631. The van der Waals surface area contributed by atoms with E-state index in [1.807, 2.05) is 52.0 Å². The highest BCUT2D eigenvalue weighted by molar-refractivity contribution is 5.66. The molecule has 1 aromatic carbocycles. The van der Waals surface area contributed by atoms with Gasteiger partial charge in [-0.05, 0) is 57.9 Å². The Kier molecular flexibility index (Phi) is 5.91. The van der Waals surface area contributed by atoms with Crippen molar-refractivity contribution in [2.24, 2.45) is 0 Å². The third kappa shape index (κ3) is 4.61. The van der Waals surface area contributed by atoms with Gasteiger partial charge in [0.1, 0.15) is 6.10 Å². The Balaban J connectivity index is 2.17. The summed E-state index contributed by atoms with van der Waals surface area (Å²) in [5, 5.41) is 20.1. The van der Waals surface area contributed by atoms with Crippen molar-refractivity contribution < 1.29 is 15.0 Å². The number of amides is 1. The Hall–Kier alpha value is -1.85. The van der Waals surface area contributed by atoms with E-state index in [1.165, 1.54) is 4.90 Å². The van der Waals surface area contributed by atoms with Gasteiger partial charge in [-0.15, -0.1) is 0 Å². The van der Waals surface area contributed by atoms with Gasteiger partial charge >= 0.3 is 6.09 Å². The summed E-state index contributed by atoms with van der Waals surface area (Å²) >= 11 is 0. The van der Waals surface area contributed by atoms with Crippen LogP contribution in [0.4, 0.5) is 4.79 Å². The first kappa shape index (κ1) is 19.5. The zero-order valence-corrected chi connectivity index (χ0v) is 15.9. The van der Waals surface area contributed by atoms with E-state index in [0.29, 0.717) is 0 Å². The van der Waals surface area contributed by atoms with Gasteiger partial charge in [0.15, 0.2) is 0 Å². The molecule has 1 amide bonds. The first-order valence-corrected chi connectivity index (χ1v) is 8.79. The SMILES string of the molecule is C[C@@H](c1ccc(C(O)C2=CCN(C)CC2)cc1)N(C(=O)O)C(C)(C)C. The summed E-state index contributed by atoms with van der Waals surface area (Å²) in [6.07, 6.45) is 1.44. The minimum absolute atomic E-state index is 0.258. The van der Waals surface area contributed by atoms with Crippen LogP contribution in [0.3, 0.4) is 0 Å². The van der Waals surface area contributed by atoms with E-state index in [4.69, 9.17) is 0 Å². The molecule has 138 valence electrons. The van der Waals surface area contributed by atoms with Crippen LogP contribution in [0, 0.1) is 0 Å². The summed E-state index contributed by atoms with van der Waals surface area (Å²) in [4.78, 5) is 15.3. The molecule has 0 spiro atoms. The fraction of sp³-hybridized carbons (Fsp3) is 0.550. The van der Waals surface area contributed by atoms with E-state index in [9.17, 15) is 15.0 Å². The molecule has 0 fully saturated rings. The Morgan fingerprint density at radius 2 is 1.76 bits per heavy atom. The zero-order chi connectivity index (χ0) is 18.8. The number of carboxylic acid groups (broad SMARTS) is 1. The lowest BCUT2D eigenvalue weighted by molar-refractivity contribution is 0.0752. The minimum atomic E-state index is -0.930. The van der Waals surface area contributed by atoms with Crippen LogP contribution < -0.4 is 0 Å². The highest BCUT2D eigenvalue weighted by atomic mass is 16.4. The Morgan fingerprint density at radius 3 is 2.20 bits per heavy atom. The Labute approximate surface area is 150 Å². The summed E-state index contributed by atoms with van der Waals surface area (Å²) < 4.78 is 0. The van der Waals surface area contributed by atoms with Gasteiger partial charge in [-0.3, -0.25) is 4.90 Å². The van der Waals surface area contributed by atoms with Gasteiger partial charge in [0.05, 0.1) is 6.04 Å². The van der Waals surface area contributed by atoms with Crippen LogP contribution in [0.15, 0.2) is 35.9 Å². The quantitative estimate of drug-likeness (QED) is 0.814. The molecular weight excluding hydrogens is 316 g/mol. The average molecular weight is 346 g/mol. The van der Waals surface area contributed by atoms with Crippen molar-refractivity contribution >= 4 is 6.09 Å². The monoisotopic (exact) mass is 346 g/mol. The second kappa shape index (κ2) is 7.58. The van der Waals surface area contributed by atoms with Gasteiger partial charge < -0.3 is 15.1 Å². The number of hydrogen-bond donors (Lipinski definition) is 2. The molecule has 0 aliphatic carbocycles. The summed E-state index contributed by atoms with van der Waals surface area (Å²) in [5.41, 5.74) is 2.35. The van der Waals surface area contributed by atoms with Crippen LogP contribution in [-0.4, -0.2) is 51.8 Å². The molecule has 2 N–H and O–H groups in total. The molecule has 1 aliphatic heterocycles. The average Bonchev–Trinajstić information content (AvgIpc) is 2.53. The van der Waals surface area contributed by atoms with Crippen molar-refractivity contribution in [1.82, 2.24) is 9.80 Å². The van der Waals surface area contributed by atoms with Crippen molar-refractivity contribution in [1.29, 1.82) is 0 Å². The third-order valence-corrected chi connectivity index (χ3v) is 4.85.